The van der Waals surface area contributed by atoms with Crippen molar-refractivity contribution in [2.75, 3.05) is 6.54 Å². The molecule has 1 aromatic rings. The molecule has 1 aliphatic rings. The monoisotopic (exact) mass is 263 g/mol. The van der Waals surface area contributed by atoms with E-state index in [1.54, 1.807) is 0 Å². The number of nitrogens with zero attached hydrogens (tertiary/aromatic N) is 1. The fraction of sp³-hybridized carbons (Fsp3) is 0.500. The van der Waals surface area contributed by atoms with Crippen LogP contribution in [0, 0.1) is 12.8 Å². The van der Waals surface area contributed by atoms with Crippen molar-refractivity contribution in [1.82, 2.24) is 5.32 Å². The number of hydrogen-bond acceptors (Lipinski definition) is 4. The van der Waals surface area contributed by atoms with Gasteiger partial charge in [0.05, 0.1) is 6.10 Å². The number of hydrogen-bond donors (Lipinski definition) is 4. The van der Waals surface area contributed by atoms with E-state index in [9.17, 15) is 5.11 Å². The number of rotatable bonds is 6. The summed E-state index contributed by atoms with van der Waals surface area (Å²) in [6, 6.07) is 5.68. The third kappa shape index (κ3) is 3.68. The van der Waals surface area contributed by atoms with Crippen molar-refractivity contribution < 1.29 is 10.3 Å². The molecule has 1 saturated carbocycles. The van der Waals surface area contributed by atoms with Crippen molar-refractivity contribution in [3.05, 3.63) is 34.9 Å². The molecule has 0 spiro atoms. The van der Waals surface area contributed by atoms with Crippen molar-refractivity contribution in [3.63, 3.8) is 0 Å². The molecule has 0 aliphatic heterocycles. The number of nitrogens with one attached hydrogen (secondary N) is 1. The molecule has 0 amide bonds. The quantitative estimate of drug-likeness (QED) is 0.266. The van der Waals surface area contributed by atoms with Crippen molar-refractivity contribution in [1.29, 1.82) is 0 Å². The SMILES string of the molecule is Cc1cc(/C(N)=N/O)ccc1CNCC(O)C1CC1. The molecular formula is C14H21N3O2. The summed E-state index contributed by atoms with van der Waals surface area (Å²) in [6.45, 7) is 3.33. The predicted molar refractivity (Wildman–Crippen MR) is 74.1 cm³/mol. The van der Waals surface area contributed by atoms with E-state index in [-0.39, 0.29) is 11.9 Å². The molecule has 0 aromatic heterocycles. The van der Waals surface area contributed by atoms with Crippen LogP contribution in [0.2, 0.25) is 0 Å². The predicted octanol–water partition coefficient (Wildman–Crippen LogP) is 0.950. The van der Waals surface area contributed by atoms with Crippen LogP contribution in [-0.4, -0.2) is 28.8 Å². The van der Waals surface area contributed by atoms with Gasteiger partial charge in [-0.1, -0.05) is 17.3 Å². The Morgan fingerprint density at radius 2 is 2.26 bits per heavy atom. The van der Waals surface area contributed by atoms with Crippen LogP contribution in [0.25, 0.3) is 0 Å². The molecule has 1 fully saturated rings. The number of amidine groups is 1. The van der Waals surface area contributed by atoms with Gasteiger partial charge in [-0.15, -0.1) is 0 Å². The first-order chi connectivity index (χ1) is 9.11. The van der Waals surface area contributed by atoms with Crippen LogP contribution in [0.15, 0.2) is 23.4 Å². The first kappa shape index (κ1) is 13.8. The lowest BCUT2D eigenvalue weighted by Gasteiger charge is -2.12. The Kier molecular flexibility index (Phi) is 4.39. The minimum atomic E-state index is -0.225. The highest BCUT2D eigenvalue weighted by Crippen LogP contribution is 2.32. The average Bonchev–Trinajstić information content (AvgIpc) is 3.23. The van der Waals surface area contributed by atoms with Gasteiger partial charge in [-0.05, 0) is 42.9 Å². The second-order valence-corrected chi connectivity index (χ2v) is 5.16. The highest BCUT2D eigenvalue weighted by atomic mass is 16.4. The van der Waals surface area contributed by atoms with Crippen LogP contribution in [0.4, 0.5) is 0 Å². The number of oxime groups is 1. The molecule has 2 rings (SSSR count). The first-order valence-corrected chi connectivity index (χ1v) is 6.58. The van der Waals surface area contributed by atoms with E-state index in [2.05, 4.69) is 10.5 Å². The maximum atomic E-state index is 9.76. The highest BCUT2D eigenvalue weighted by Gasteiger charge is 2.29. The van der Waals surface area contributed by atoms with Gasteiger partial charge in [0, 0.05) is 18.7 Å². The molecule has 5 N–H and O–H groups in total. The topological polar surface area (TPSA) is 90.9 Å². The molecule has 0 bridgehead atoms. The van der Waals surface area contributed by atoms with Gasteiger partial charge < -0.3 is 21.4 Å². The maximum Gasteiger partial charge on any atom is 0.170 e. The van der Waals surface area contributed by atoms with Crippen molar-refractivity contribution >= 4 is 5.84 Å². The molecule has 0 saturated heterocycles. The molecule has 0 heterocycles. The lowest BCUT2D eigenvalue weighted by Crippen LogP contribution is -2.28. The molecule has 5 nitrogen and oxygen atoms in total. The van der Waals surface area contributed by atoms with E-state index in [0.29, 0.717) is 24.6 Å². The Balaban J connectivity index is 1.89. The Morgan fingerprint density at radius 1 is 1.53 bits per heavy atom. The van der Waals surface area contributed by atoms with E-state index in [1.807, 2.05) is 25.1 Å². The third-order valence-electron chi connectivity index (χ3n) is 3.58. The Labute approximate surface area is 113 Å². The minimum Gasteiger partial charge on any atom is -0.409 e. The van der Waals surface area contributed by atoms with Crippen LogP contribution >= 0.6 is 0 Å². The molecule has 1 unspecified atom stereocenters. The van der Waals surface area contributed by atoms with Crippen LogP contribution in [0.3, 0.4) is 0 Å². The number of benzene rings is 1. The molecule has 1 aliphatic carbocycles. The third-order valence-corrected chi connectivity index (χ3v) is 3.58. The fourth-order valence-electron chi connectivity index (χ4n) is 2.11. The van der Waals surface area contributed by atoms with Gasteiger partial charge in [-0.3, -0.25) is 0 Å². The highest BCUT2D eigenvalue weighted by molar-refractivity contribution is 5.97. The van der Waals surface area contributed by atoms with Gasteiger partial charge in [-0.2, -0.15) is 0 Å². The summed E-state index contributed by atoms with van der Waals surface area (Å²) in [5, 5.41) is 24.6. The number of nitrogens with two attached hydrogens (primary N) is 1. The molecule has 104 valence electrons. The van der Waals surface area contributed by atoms with Crippen molar-refractivity contribution in [3.8, 4) is 0 Å². The van der Waals surface area contributed by atoms with E-state index >= 15 is 0 Å². The molecule has 1 atom stereocenters. The van der Waals surface area contributed by atoms with Crippen molar-refractivity contribution in [2.45, 2.75) is 32.4 Å². The smallest absolute Gasteiger partial charge is 0.170 e. The average molecular weight is 263 g/mol. The zero-order valence-corrected chi connectivity index (χ0v) is 11.1. The lowest BCUT2D eigenvalue weighted by atomic mass is 10.0. The van der Waals surface area contributed by atoms with Gasteiger partial charge in [0.1, 0.15) is 0 Å². The summed E-state index contributed by atoms with van der Waals surface area (Å²) in [7, 11) is 0. The second-order valence-electron chi connectivity index (χ2n) is 5.16. The van der Waals surface area contributed by atoms with Crippen molar-refractivity contribution in [2.24, 2.45) is 16.8 Å². The molecular weight excluding hydrogens is 242 g/mol. The zero-order valence-electron chi connectivity index (χ0n) is 11.1. The summed E-state index contributed by atoms with van der Waals surface area (Å²) in [6.07, 6.45) is 2.07. The zero-order chi connectivity index (χ0) is 13.8. The van der Waals surface area contributed by atoms with Crippen LogP contribution < -0.4 is 11.1 Å². The second kappa shape index (κ2) is 6.04. The normalized spacial score (nSPS) is 17.5. The molecule has 0 radical (unpaired) electrons. The van der Waals surface area contributed by atoms with E-state index < -0.39 is 0 Å². The minimum absolute atomic E-state index is 0.117. The van der Waals surface area contributed by atoms with Gasteiger partial charge in [0.25, 0.3) is 0 Å². The summed E-state index contributed by atoms with van der Waals surface area (Å²) in [5.74, 6) is 0.614. The Bertz CT molecular complexity index is 470. The van der Waals surface area contributed by atoms with Gasteiger partial charge in [0.2, 0.25) is 0 Å². The van der Waals surface area contributed by atoms with Gasteiger partial charge in [-0.25, -0.2) is 0 Å². The number of aryl methyl sites for hydroxylation is 1. The maximum absolute atomic E-state index is 9.76. The molecule has 19 heavy (non-hydrogen) atoms. The number of aliphatic hydroxyl groups is 1. The summed E-state index contributed by atoms with van der Waals surface area (Å²) >= 11 is 0. The molecule has 5 heteroatoms. The van der Waals surface area contributed by atoms with E-state index in [1.165, 1.54) is 0 Å². The van der Waals surface area contributed by atoms with Gasteiger partial charge in [0.15, 0.2) is 5.84 Å². The van der Waals surface area contributed by atoms with Gasteiger partial charge >= 0.3 is 0 Å². The van der Waals surface area contributed by atoms with Crippen LogP contribution in [0.5, 0.6) is 0 Å². The number of aliphatic hydroxyl groups excluding tert-OH is 1. The van der Waals surface area contributed by atoms with E-state index in [0.717, 1.165) is 24.0 Å². The first-order valence-electron chi connectivity index (χ1n) is 6.58. The lowest BCUT2D eigenvalue weighted by molar-refractivity contribution is 0.148. The van der Waals surface area contributed by atoms with Crippen LogP contribution in [0.1, 0.15) is 29.5 Å². The standard InChI is InChI=1S/C14H21N3O2/c1-9-6-11(14(15)17-19)4-5-12(9)7-16-8-13(18)10-2-3-10/h4-6,10,13,16,18-19H,2-3,7-8H2,1H3,(H2,15,17). The van der Waals surface area contributed by atoms with Crippen LogP contribution in [-0.2, 0) is 6.54 Å². The summed E-state index contributed by atoms with van der Waals surface area (Å²) in [5.41, 5.74) is 8.49. The Hall–Kier alpha value is -1.59. The summed E-state index contributed by atoms with van der Waals surface area (Å²) in [4.78, 5) is 0. The molecule has 1 aromatic carbocycles. The fourth-order valence-corrected chi connectivity index (χ4v) is 2.11. The Morgan fingerprint density at radius 3 is 2.84 bits per heavy atom. The van der Waals surface area contributed by atoms with E-state index in [4.69, 9.17) is 10.9 Å². The largest absolute Gasteiger partial charge is 0.409 e. The summed E-state index contributed by atoms with van der Waals surface area (Å²) < 4.78 is 0.